The summed E-state index contributed by atoms with van der Waals surface area (Å²) in [6.07, 6.45) is 9.36. The minimum atomic E-state index is -3.81. The predicted molar refractivity (Wildman–Crippen MR) is 226 cm³/mol. The van der Waals surface area contributed by atoms with Gasteiger partial charge >= 0.3 is 0 Å². The van der Waals surface area contributed by atoms with Gasteiger partial charge in [-0.25, -0.2) is 8.42 Å². The van der Waals surface area contributed by atoms with E-state index in [-0.39, 0.29) is 34.8 Å². The van der Waals surface area contributed by atoms with Gasteiger partial charge in [0.25, 0.3) is 0 Å². The van der Waals surface area contributed by atoms with Crippen LogP contribution in [0.2, 0.25) is 0 Å². The highest BCUT2D eigenvalue weighted by Gasteiger charge is 2.57. The van der Waals surface area contributed by atoms with Crippen LogP contribution in [-0.4, -0.2) is 76.2 Å². The van der Waals surface area contributed by atoms with Crippen LogP contribution in [0.5, 0.6) is 23.0 Å². The van der Waals surface area contributed by atoms with Crippen molar-refractivity contribution in [3.63, 3.8) is 0 Å². The average molecular weight is 841 g/mol. The van der Waals surface area contributed by atoms with E-state index >= 15 is 0 Å². The monoisotopic (exact) mass is 840 g/mol. The standard InChI is InChI=1S/C30H31NO6S2.C16H21NO3/c1-35-25-17-16-21(18-26(25)37-22-12-8-9-13-22)27-28(38-39(33,34)23-14-6-3-7-15-23)29(32)31-24(19-36-30(27)31)20-10-4-2-5-11-20;1-19-14-7-6-11(12-9-16(18)17-10-12)8-15(14)20-13-4-2-3-5-13/h2-7,10-11,14-18,22,24,27-28,30H,8-9,12-13,19H2,1H3;6-8,12-13H,2-5,9-10H2,1H3,(H,17,18)/t24-,27?,28?,30+;/m0./s1. The SMILES string of the molecule is COc1ccc(C2C(SS(=O)(=O)c3ccccc3)C(=O)N3[C@@H]2OC[C@H]3c2ccccc2)cc1OC1CCCC1.COc1ccc(C2CNC(=O)C2)cc1OC1CCCC1. The summed E-state index contributed by atoms with van der Waals surface area (Å²) in [6.45, 7) is 1.06. The number of fused-ring (bicyclic) bond motifs is 1. The number of nitrogens with zero attached hydrogens (tertiary/aromatic N) is 1. The highest BCUT2D eigenvalue weighted by atomic mass is 33.1. The van der Waals surface area contributed by atoms with E-state index in [9.17, 15) is 18.0 Å². The molecule has 2 aliphatic carbocycles. The molecule has 0 spiro atoms. The Morgan fingerprint density at radius 1 is 0.695 bits per heavy atom. The lowest BCUT2D eigenvalue weighted by molar-refractivity contribution is -0.130. The summed E-state index contributed by atoms with van der Waals surface area (Å²) in [4.78, 5) is 27.3. The molecule has 11 nitrogen and oxygen atoms in total. The minimum absolute atomic E-state index is 0.115. The molecule has 5 atom stereocenters. The second kappa shape index (κ2) is 18.3. The van der Waals surface area contributed by atoms with Crippen molar-refractivity contribution in [2.45, 2.75) is 104 Å². The zero-order valence-corrected chi connectivity index (χ0v) is 35.1. The maximum absolute atomic E-state index is 14.1. The fourth-order valence-electron chi connectivity index (χ4n) is 8.93. The number of carbonyl (C=O) groups is 2. The molecular formula is C46H52N2O9S2. The molecule has 4 aromatic carbocycles. The van der Waals surface area contributed by atoms with Gasteiger partial charge in [0.1, 0.15) is 11.5 Å². The number of ether oxygens (including phenoxy) is 5. The van der Waals surface area contributed by atoms with Crippen molar-refractivity contribution in [3.05, 3.63) is 114 Å². The van der Waals surface area contributed by atoms with Crippen molar-refractivity contribution in [2.75, 3.05) is 27.4 Å². The van der Waals surface area contributed by atoms with E-state index < -0.39 is 26.3 Å². The Kier molecular flexibility index (Phi) is 12.7. The Morgan fingerprint density at radius 2 is 1.25 bits per heavy atom. The summed E-state index contributed by atoms with van der Waals surface area (Å²) in [5.41, 5.74) is 2.90. The lowest BCUT2D eigenvalue weighted by Gasteiger charge is -2.24. The molecular weight excluding hydrogens is 789 g/mol. The van der Waals surface area contributed by atoms with Gasteiger partial charge in [0, 0.05) is 18.9 Å². The van der Waals surface area contributed by atoms with E-state index in [0.29, 0.717) is 48.0 Å². The van der Waals surface area contributed by atoms with Gasteiger partial charge in [0.2, 0.25) is 20.7 Å². The number of hydrogen-bond donors (Lipinski definition) is 1. The van der Waals surface area contributed by atoms with Crippen molar-refractivity contribution in [2.24, 2.45) is 0 Å². The first-order valence-corrected chi connectivity index (χ1v) is 23.5. The number of benzene rings is 4. The zero-order valence-electron chi connectivity index (χ0n) is 33.5. The van der Waals surface area contributed by atoms with Crippen LogP contribution in [0.15, 0.2) is 102 Å². The van der Waals surface area contributed by atoms with Gasteiger partial charge in [-0.3, -0.25) is 9.59 Å². The molecule has 0 radical (unpaired) electrons. The van der Waals surface area contributed by atoms with E-state index in [1.807, 2.05) is 66.7 Å². The van der Waals surface area contributed by atoms with Crippen LogP contribution in [0.1, 0.15) is 92.4 Å². The van der Waals surface area contributed by atoms with Crippen molar-refractivity contribution in [3.8, 4) is 23.0 Å². The maximum atomic E-state index is 14.1. The fourth-order valence-corrected chi connectivity index (χ4v) is 12.5. The number of nitrogens with one attached hydrogen (secondary N) is 1. The van der Waals surface area contributed by atoms with Gasteiger partial charge in [-0.05, 0) is 115 Å². The first-order chi connectivity index (χ1) is 28.7. The molecule has 2 amide bonds. The molecule has 3 aliphatic heterocycles. The molecule has 0 bridgehead atoms. The van der Waals surface area contributed by atoms with Crippen LogP contribution < -0.4 is 24.3 Å². The number of methoxy groups -OCH3 is 2. The lowest BCUT2D eigenvalue weighted by atomic mass is 9.95. The third kappa shape index (κ3) is 9.07. The molecule has 312 valence electrons. The van der Waals surface area contributed by atoms with Gasteiger partial charge in [0.15, 0.2) is 23.0 Å². The number of amides is 2. The van der Waals surface area contributed by atoms with Crippen molar-refractivity contribution < 1.29 is 41.7 Å². The van der Waals surface area contributed by atoms with E-state index in [1.54, 1.807) is 49.5 Å². The topological polar surface area (TPSA) is 130 Å². The molecule has 59 heavy (non-hydrogen) atoms. The van der Waals surface area contributed by atoms with Crippen LogP contribution in [0.3, 0.4) is 0 Å². The first kappa shape index (κ1) is 41.0. The van der Waals surface area contributed by atoms with Crippen LogP contribution in [-0.2, 0) is 23.2 Å². The quantitative estimate of drug-likeness (QED) is 0.140. The van der Waals surface area contributed by atoms with Gasteiger partial charge < -0.3 is 33.9 Å². The summed E-state index contributed by atoms with van der Waals surface area (Å²) >= 11 is 0. The summed E-state index contributed by atoms with van der Waals surface area (Å²) in [5.74, 6) is 2.43. The van der Waals surface area contributed by atoms with E-state index in [4.69, 9.17) is 23.7 Å². The molecule has 3 unspecified atom stereocenters. The van der Waals surface area contributed by atoms with Crippen LogP contribution in [0, 0.1) is 0 Å². The normalized spacial score (nSPS) is 24.4. The van der Waals surface area contributed by atoms with Crippen molar-refractivity contribution >= 4 is 31.5 Å². The average Bonchev–Trinajstić information content (AvgIpc) is 4.12. The molecule has 5 fully saturated rings. The third-order valence-corrected chi connectivity index (χ3v) is 15.8. The molecule has 4 aromatic rings. The molecule has 9 rings (SSSR count). The minimum Gasteiger partial charge on any atom is -0.493 e. The molecule has 0 aromatic heterocycles. The largest absolute Gasteiger partial charge is 0.493 e. The highest BCUT2D eigenvalue weighted by molar-refractivity contribution is 8.72. The number of rotatable bonds is 12. The maximum Gasteiger partial charge on any atom is 0.240 e. The Balaban J connectivity index is 0.000000203. The summed E-state index contributed by atoms with van der Waals surface area (Å²) in [5, 5.41) is 1.99. The van der Waals surface area contributed by atoms with Gasteiger partial charge in [-0.2, -0.15) is 0 Å². The Hall–Kier alpha value is -4.72. The Labute approximate surface area is 350 Å². The highest BCUT2D eigenvalue weighted by Crippen LogP contribution is 2.51. The molecule has 5 aliphatic rings. The van der Waals surface area contributed by atoms with Gasteiger partial charge in [0.05, 0.1) is 49.9 Å². The number of carbonyl (C=O) groups excluding carboxylic acids is 2. The smallest absolute Gasteiger partial charge is 0.240 e. The Morgan fingerprint density at radius 3 is 1.81 bits per heavy atom. The van der Waals surface area contributed by atoms with Gasteiger partial charge in [-0.1, -0.05) is 60.7 Å². The van der Waals surface area contributed by atoms with E-state index in [0.717, 1.165) is 66.7 Å². The fraction of sp³-hybridized carbons (Fsp3) is 0.435. The Bertz CT molecular complexity index is 2190. The van der Waals surface area contributed by atoms with Crippen molar-refractivity contribution in [1.82, 2.24) is 10.2 Å². The molecule has 1 N–H and O–H groups in total. The third-order valence-electron chi connectivity index (χ3n) is 12.0. The van der Waals surface area contributed by atoms with E-state index in [1.165, 1.54) is 12.8 Å². The number of hydrogen-bond acceptors (Lipinski definition) is 10. The second-order valence-electron chi connectivity index (χ2n) is 15.8. The van der Waals surface area contributed by atoms with Gasteiger partial charge in [-0.15, -0.1) is 0 Å². The van der Waals surface area contributed by atoms with E-state index in [2.05, 4.69) is 5.32 Å². The summed E-state index contributed by atoms with van der Waals surface area (Å²) in [7, 11) is 0.159. The lowest BCUT2D eigenvalue weighted by Crippen LogP contribution is -2.33. The molecule has 3 saturated heterocycles. The molecule has 13 heteroatoms. The molecule has 2 saturated carbocycles. The zero-order chi connectivity index (χ0) is 40.9. The summed E-state index contributed by atoms with van der Waals surface area (Å²) in [6, 6.07) is 29.4. The predicted octanol–water partition coefficient (Wildman–Crippen LogP) is 8.15. The second-order valence-corrected chi connectivity index (χ2v) is 19.8. The van der Waals surface area contributed by atoms with Crippen LogP contribution in [0.25, 0.3) is 0 Å². The molecule has 3 heterocycles. The first-order valence-electron chi connectivity index (χ1n) is 20.7. The van der Waals surface area contributed by atoms with Crippen molar-refractivity contribution in [1.29, 1.82) is 0 Å². The van der Waals surface area contributed by atoms with Crippen LogP contribution >= 0.6 is 10.8 Å². The summed E-state index contributed by atoms with van der Waals surface area (Å²) < 4.78 is 56.7. The van der Waals surface area contributed by atoms with Crippen LogP contribution in [0.4, 0.5) is 0 Å².